The van der Waals surface area contributed by atoms with Gasteiger partial charge in [-0.15, -0.1) is 0 Å². The molecular formula is C16H21F3N2O2. The summed E-state index contributed by atoms with van der Waals surface area (Å²) in [5.74, 6) is -0.462. The van der Waals surface area contributed by atoms with Gasteiger partial charge in [-0.2, -0.15) is 13.2 Å². The SMILES string of the molecule is O=C(CN[C@@H](c1ccccc1)C(F)(F)F)NC1CCC(O)CC1. The van der Waals surface area contributed by atoms with Gasteiger partial charge in [-0.05, 0) is 31.2 Å². The van der Waals surface area contributed by atoms with Crippen LogP contribution in [0.25, 0.3) is 0 Å². The number of alkyl halides is 3. The van der Waals surface area contributed by atoms with Gasteiger partial charge in [0.2, 0.25) is 5.91 Å². The van der Waals surface area contributed by atoms with Crippen molar-refractivity contribution in [1.29, 1.82) is 0 Å². The van der Waals surface area contributed by atoms with E-state index >= 15 is 0 Å². The molecule has 3 N–H and O–H groups in total. The largest absolute Gasteiger partial charge is 0.407 e. The van der Waals surface area contributed by atoms with Gasteiger partial charge >= 0.3 is 6.18 Å². The maximum absolute atomic E-state index is 13.1. The van der Waals surface area contributed by atoms with Gasteiger partial charge in [0.25, 0.3) is 0 Å². The standard InChI is InChI=1S/C16H21F3N2O2/c17-16(18,19)15(11-4-2-1-3-5-11)20-10-14(23)21-12-6-8-13(22)9-7-12/h1-5,12-13,15,20,22H,6-10H2,(H,21,23)/t12?,13?,15-/m0/s1. The van der Waals surface area contributed by atoms with Gasteiger partial charge in [0, 0.05) is 6.04 Å². The Bertz CT molecular complexity index is 500. The van der Waals surface area contributed by atoms with Crippen molar-refractivity contribution in [2.45, 2.75) is 50.0 Å². The summed E-state index contributed by atoms with van der Waals surface area (Å²) in [7, 11) is 0. The average Bonchev–Trinajstić information content (AvgIpc) is 2.49. The van der Waals surface area contributed by atoms with Crippen molar-refractivity contribution in [2.24, 2.45) is 0 Å². The van der Waals surface area contributed by atoms with Crippen LogP contribution in [0.5, 0.6) is 0 Å². The summed E-state index contributed by atoms with van der Waals surface area (Å²) in [6.45, 7) is -0.405. The van der Waals surface area contributed by atoms with E-state index in [0.29, 0.717) is 25.7 Å². The van der Waals surface area contributed by atoms with Crippen LogP contribution in [-0.4, -0.2) is 35.9 Å². The first kappa shape index (κ1) is 17.7. The van der Waals surface area contributed by atoms with Crippen LogP contribution < -0.4 is 10.6 Å². The second-order valence-corrected chi connectivity index (χ2v) is 5.84. The van der Waals surface area contributed by atoms with Gasteiger partial charge in [-0.25, -0.2) is 0 Å². The van der Waals surface area contributed by atoms with Crippen molar-refractivity contribution in [2.75, 3.05) is 6.54 Å². The third-order valence-corrected chi connectivity index (χ3v) is 3.99. The number of aliphatic hydroxyl groups excluding tert-OH is 1. The Hall–Kier alpha value is -1.60. The lowest BCUT2D eigenvalue weighted by Crippen LogP contribution is -2.45. The first-order valence-corrected chi connectivity index (χ1v) is 7.68. The number of hydrogen-bond donors (Lipinski definition) is 3. The molecule has 1 aromatic rings. The smallest absolute Gasteiger partial charge is 0.393 e. The van der Waals surface area contributed by atoms with Crippen molar-refractivity contribution >= 4 is 5.91 Å². The third kappa shape index (κ3) is 5.51. The number of amides is 1. The van der Waals surface area contributed by atoms with Gasteiger partial charge < -0.3 is 10.4 Å². The zero-order valence-corrected chi connectivity index (χ0v) is 12.6. The molecular weight excluding hydrogens is 309 g/mol. The van der Waals surface area contributed by atoms with Crippen LogP contribution >= 0.6 is 0 Å². The van der Waals surface area contributed by atoms with Crippen molar-refractivity contribution in [1.82, 2.24) is 10.6 Å². The molecule has 0 aromatic heterocycles. The molecule has 1 aliphatic rings. The Morgan fingerprint density at radius 3 is 2.35 bits per heavy atom. The fourth-order valence-corrected chi connectivity index (χ4v) is 2.76. The van der Waals surface area contributed by atoms with E-state index in [1.165, 1.54) is 24.3 Å². The molecule has 0 unspecified atom stereocenters. The second-order valence-electron chi connectivity index (χ2n) is 5.84. The maximum Gasteiger partial charge on any atom is 0.407 e. The molecule has 0 bridgehead atoms. The molecule has 7 heteroatoms. The van der Waals surface area contributed by atoms with Gasteiger partial charge in [-0.1, -0.05) is 30.3 Å². The lowest BCUT2D eigenvalue weighted by Gasteiger charge is -2.27. The summed E-state index contributed by atoms with van der Waals surface area (Å²) in [6, 6.07) is 5.52. The Kier molecular flexibility index (Phi) is 6.01. The number of rotatable bonds is 5. The third-order valence-electron chi connectivity index (χ3n) is 3.99. The van der Waals surface area contributed by atoms with E-state index in [1.807, 2.05) is 0 Å². The summed E-state index contributed by atoms with van der Waals surface area (Å²) >= 11 is 0. The highest BCUT2D eigenvalue weighted by Crippen LogP contribution is 2.32. The van der Waals surface area contributed by atoms with Crippen LogP contribution in [-0.2, 0) is 4.79 Å². The zero-order chi connectivity index (χ0) is 16.9. The Labute approximate surface area is 133 Å². The second kappa shape index (κ2) is 7.79. The Morgan fingerprint density at radius 2 is 1.78 bits per heavy atom. The Morgan fingerprint density at radius 1 is 1.17 bits per heavy atom. The fraction of sp³-hybridized carbons (Fsp3) is 0.562. The monoisotopic (exact) mass is 330 g/mol. The van der Waals surface area contributed by atoms with Crippen LogP contribution in [0.2, 0.25) is 0 Å². The fourth-order valence-electron chi connectivity index (χ4n) is 2.76. The molecule has 4 nitrogen and oxygen atoms in total. The highest BCUT2D eigenvalue weighted by atomic mass is 19.4. The summed E-state index contributed by atoms with van der Waals surface area (Å²) < 4.78 is 39.4. The summed E-state index contributed by atoms with van der Waals surface area (Å²) in [5, 5.41) is 14.4. The molecule has 1 aliphatic carbocycles. The van der Waals surface area contributed by atoms with Gasteiger partial charge in [0.15, 0.2) is 0 Å². The minimum absolute atomic E-state index is 0.0752. The number of carbonyl (C=O) groups is 1. The molecule has 0 aliphatic heterocycles. The molecule has 1 atom stereocenters. The minimum Gasteiger partial charge on any atom is -0.393 e. The number of benzene rings is 1. The van der Waals surface area contributed by atoms with E-state index in [4.69, 9.17) is 0 Å². The van der Waals surface area contributed by atoms with Gasteiger partial charge in [-0.3, -0.25) is 10.1 Å². The molecule has 0 radical (unpaired) electrons. The molecule has 1 saturated carbocycles. The molecule has 23 heavy (non-hydrogen) atoms. The summed E-state index contributed by atoms with van der Waals surface area (Å²) in [6.07, 6.45) is -2.31. The van der Waals surface area contributed by atoms with Crippen molar-refractivity contribution in [3.63, 3.8) is 0 Å². The molecule has 1 fully saturated rings. The first-order chi connectivity index (χ1) is 10.9. The zero-order valence-electron chi connectivity index (χ0n) is 12.6. The van der Waals surface area contributed by atoms with E-state index in [2.05, 4.69) is 10.6 Å². The van der Waals surface area contributed by atoms with Crippen LogP contribution in [0, 0.1) is 0 Å². The van der Waals surface area contributed by atoms with Gasteiger partial charge in [0.1, 0.15) is 6.04 Å². The van der Waals surface area contributed by atoms with Gasteiger partial charge in [0.05, 0.1) is 12.6 Å². The van der Waals surface area contributed by atoms with Crippen LogP contribution in [0.15, 0.2) is 30.3 Å². The number of hydrogen-bond acceptors (Lipinski definition) is 3. The molecule has 128 valence electrons. The predicted octanol–water partition coefficient (Wildman–Crippen LogP) is 2.30. The topological polar surface area (TPSA) is 61.4 Å². The normalized spacial score (nSPS) is 23.3. The van der Waals surface area contributed by atoms with Crippen molar-refractivity contribution < 1.29 is 23.1 Å². The maximum atomic E-state index is 13.1. The van der Waals surface area contributed by atoms with E-state index in [0.717, 1.165) is 0 Å². The number of carbonyl (C=O) groups excluding carboxylic acids is 1. The quantitative estimate of drug-likeness (QED) is 0.776. The average molecular weight is 330 g/mol. The van der Waals surface area contributed by atoms with E-state index in [-0.39, 0.29) is 17.7 Å². The first-order valence-electron chi connectivity index (χ1n) is 7.68. The highest BCUT2D eigenvalue weighted by molar-refractivity contribution is 5.78. The van der Waals surface area contributed by atoms with E-state index < -0.39 is 24.7 Å². The number of halogens is 3. The lowest BCUT2D eigenvalue weighted by atomic mass is 9.93. The number of aliphatic hydroxyl groups is 1. The van der Waals surface area contributed by atoms with E-state index in [1.54, 1.807) is 6.07 Å². The van der Waals surface area contributed by atoms with E-state index in [9.17, 15) is 23.1 Å². The summed E-state index contributed by atoms with van der Waals surface area (Å²) in [4.78, 5) is 11.9. The molecule has 0 heterocycles. The lowest BCUT2D eigenvalue weighted by molar-refractivity contribution is -0.158. The summed E-state index contributed by atoms with van der Waals surface area (Å²) in [5.41, 5.74) is 0.0774. The molecule has 1 amide bonds. The predicted molar refractivity (Wildman–Crippen MR) is 79.6 cm³/mol. The number of nitrogens with one attached hydrogen (secondary N) is 2. The molecule has 1 aromatic carbocycles. The minimum atomic E-state index is -4.48. The van der Waals surface area contributed by atoms with Crippen LogP contribution in [0.1, 0.15) is 37.3 Å². The Balaban J connectivity index is 1.87. The highest BCUT2D eigenvalue weighted by Gasteiger charge is 2.40. The van der Waals surface area contributed by atoms with Crippen molar-refractivity contribution in [3.05, 3.63) is 35.9 Å². The molecule has 0 saturated heterocycles. The van der Waals surface area contributed by atoms with Crippen molar-refractivity contribution in [3.8, 4) is 0 Å². The molecule has 0 spiro atoms. The van der Waals surface area contributed by atoms with Crippen LogP contribution in [0.4, 0.5) is 13.2 Å². The molecule has 2 rings (SSSR count). The van der Waals surface area contributed by atoms with Crippen LogP contribution in [0.3, 0.4) is 0 Å².